The van der Waals surface area contributed by atoms with Gasteiger partial charge in [-0.25, -0.2) is 0 Å². The lowest BCUT2D eigenvalue weighted by molar-refractivity contribution is -0.132. The number of amides is 1. The molecule has 1 heterocycles. The molecule has 0 saturated carbocycles. The van der Waals surface area contributed by atoms with Crippen LogP contribution in [-0.2, 0) is 9.59 Å². The standard InChI is InChI=1S/C8H14N2O2/c1-7(11)2-4-10-5-3-9-6-8(10)12/h9H,2-6H2,1H3. The van der Waals surface area contributed by atoms with Crippen molar-refractivity contribution in [3.63, 3.8) is 0 Å². The van der Waals surface area contributed by atoms with Crippen LogP contribution in [0.5, 0.6) is 0 Å². The summed E-state index contributed by atoms with van der Waals surface area (Å²) in [4.78, 5) is 23.5. The van der Waals surface area contributed by atoms with Gasteiger partial charge in [-0.15, -0.1) is 0 Å². The molecule has 1 fully saturated rings. The Balaban J connectivity index is 2.29. The van der Waals surface area contributed by atoms with Crippen molar-refractivity contribution >= 4 is 11.7 Å². The highest BCUT2D eigenvalue weighted by Gasteiger charge is 2.16. The number of piperazine rings is 1. The fourth-order valence-electron chi connectivity index (χ4n) is 1.17. The molecule has 0 spiro atoms. The van der Waals surface area contributed by atoms with E-state index < -0.39 is 0 Å². The highest BCUT2D eigenvalue weighted by molar-refractivity contribution is 5.80. The first-order chi connectivity index (χ1) is 5.70. The monoisotopic (exact) mass is 170 g/mol. The maximum Gasteiger partial charge on any atom is 0.236 e. The van der Waals surface area contributed by atoms with Gasteiger partial charge in [-0.3, -0.25) is 9.59 Å². The summed E-state index contributed by atoms with van der Waals surface area (Å²) in [5.74, 6) is 0.240. The fourth-order valence-corrected chi connectivity index (χ4v) is 1.17. The van der Waals surface area contributed by atoms with Crippen LogP contribution >= 0.6 is 0 Å². The Hall–Kier alpha value is -0.900. The third-order valence-electron chi connectivity index (χ3n) is 1.92. The van der Waals surface area contributed by atoms with Crippen molar-refractivity contribution in [2.24, 2.45) is 0 Å². The summed E-state index contributed by atoms with van der Waals surface area (Å²) >= 11 is 0. The Labute approximate surface area is 71.9 Å². The maximum atomic E-state index is 11.2. The summed E-state index contributed by atoms with van der Waals surface area (Å²) in [5.41, 5.74) is 0. The SMILES string of the molecule is CC(=O)CCN1CCNCC1=O. The van der Waals surface area contributed by atoms with Gasteiger partial charge in [-0.1, -0.05) is 0 Å². The van der Waals surface area contributed by atoms with E-state index in [1.54, 1.807) is 11.8 Å². The first-order valence-electron chi connectivity index (χ1n) is 4.18. The lowest BCUT2D eigenvalue weighted by atomic mass is 10.2. The minimum atomic E-state index is 0.0995. The summed E-state index contributed by atoms with van der Waals surface area (Å²) in [7, 11) is 0. The minimum Gasteiger partial charge on any atom is -0.340 e. The molecule has 1 rings (SSSR count). The van der Waals surface area contributed by atoms with E-state index in [-0.39, 0.29) is 11.7 Å². The van der Waals surface area contributed by atoms with Crippen LogP contribution in [-0.4, -0.2) is 42.8 Å². The number of hydrogen-bond donors (Lipinski definition) is 1. The molecule has 12 heavy (non-hydrogen) atoms. The third-order valence-corrected chi connectivity index (χ3v) is 1.92. The van der Waals surface area contributed by atoms with E-state index in [4.69, 9.17) is 0 Å². The molecule has 0 aromatic rings. The molecule has 1 N–H and O–H groups in total. The number of rotatable bonds is 3. The quantitative estimate of drug-likeness (QED) is 0.615. The summed E-state index contributed by atoms with van der Waals surface area (Å²) in [6.07, 6.45) is 0.478. The second-order valence-electron chi connectivity index (χ2n) is 3.01. The molecular formula is C8H14N2O2. The molecule has 1 amide bonds. The molecular weight excluding hydrogens is 156 g/mol. The first kappa shape index (κ1) is 9.19. The van der Waals surface area contributed by atoms with Crippen molar-refractivity contribution in [1.29, 1.82) is 0 Å². The van der Waals surface area contributed by atoms with E-state index in [1.807, 2.05) is 0 Å². The fraction of sp³-hybridized carbons (Fsp3) is 0.750. The van der Waals surface area contributed by atoms with Gasteiger partial charge in [0.1, 0.15) is 5.78 Å². The number of carbonyl (C=O) groups excluding carboxylic acids is 2. The summed E-state index contributed by atoms with van der Waals surface area (Å²) in [5, 5.41) is 2.98. The zero-order valence-corrected chi connectivity index (χ0v) is 7.30. The molecule has 0 radical (unpaired) electrons. The molecule has 1 aliphatic rings. The van der Waals surface area contributed by atoms with Gasteiger partial charge < -0.3 is 10.2 Å². The van der Waals surface area contributed by atoms with Gasteiger partial charge >= 0.3 is 0 Å². The van der Waals surface area contributed by atoms with E-state index in [1.165, 1.54) is 0 Å². The number of nitrogens with one attached hydrogen (secondary N) is 1. The van der Waals surface area contributed by atoms with Crippen LogP contribution in [0.25, 0.3) is 0 Å². The van der Waals surface area contributed by atoms with Gasteiger partial charge in [0.2, 0.25) is 5.91 Å². The van der Waals surface area contributed by atoms with Crippen molar-refractivity contribution in [1.82, 2.24) is 10.2 Å². The van der Waals surface area contributed by atoms with Crippen molar-refractivity contribution in [3.8, 4) is 0 Å². The number of nitrogens with zero attached hydrogens (tertiary/aromatic N) is 1. The number of hydrogen-bond acceptors (Lipinski definition) is 3. The van der Waals surface area contributed by atoms with Gasteiger partial charge in [-0.05, 0) is 6.92 Å². The minimum absolute atomic E-state index is 0.0995. The van der Waals surface area contributed by atoms with Crippen LogP contribution in [0.15, 0.2) is 0 Å². The Morgan fingerprint density at radius 2 is 2.42 bits per heavy atom. The van der Waals surface area contributed by atoms with Crippen LogP contribution in [0, 0.1) is 0 Å². The topological polar surface area (TPSA) is 49.4 Å². The van der Waals surface area contributed by atoms with Crippen LogP contribution in [0.3, 0.4) is 0 Å². The Morgan fingerprint density at radius 1 is 1.67 bits per heavy atom. The van der Waals surface area contributed by atoms with Crippen molar-refractivity contribution in [2.75, 3.05) is 26.2 Å². The molecule has 0 bridgehead atoms. The molecule has 4 nitrogen and oxygen atoms in total. The number of ketones is 1. The largest absolute Gasteiger partial charge is 0.340 e. The van der Waals surface area contributed by atoms with E-state index in [0.717, 1.165) is 13.1 Å². The molecule has 0 atom stereocenters. The second kappa shape index (κ2) is 4.21. The summed E-state index contributed by atoms with van der Waals surface area (Å²) in [6.45, 7) is 4.11. The molecule has 0 aliphatic carbocycles. The van der Waals surface area contributed by atoms with E-state index in [9.17, 15) is 9.59 Å². The van der Waals surface area contributed by atoms with Crippen LogP contribution in [0.4, 0.5) is 0 Å². The van der Waals surface area contributed by atoms with Gasteiger partial charge in [-0.2, -0.15) is 0 Å². The lowest BCUT2D eigenvalue weighted by Crippen LogP contribution is -2.48. The summed E-state index contributed by atoms with van der Waals surface area (Å²) < 4.78 is 0. The molecule has 0 aromatic carbocycles. The molecule has 1 saturated heterocycles. The van der Waals surface area contributed by atoms with Crippen molar-refractivity contribution in [2.45, 2.75) is 13.3 Å². The van der Waals surface area contributed by atoms with Crippen LogP contribution in [0.1, 0.15) is 13.3 Å². The Morgan fingerprint density at radius 3 is 3.00 bits per heavy atom. The molecule has 0 aromatic heterocycles. The predicted molar refractivity (Wildman–Crippen MR) is 44.7 cm³/mol. The zero-order chi connectivity index (χ0) is 8.97. The van der Waals surface area contributed by atoms with E-state index >= 15 is 0 Å². The number of Topliss-reactive ketones (excluding diaryl/α,β-unsaturated/α-hetero) is 1. The molecule has 1 aliphatic heterocycles. The molecule has 68 valence electrons. The van der Waals surface area contributed by atoms with Crippen LogP contribution in [0.2, 0.25) is 0 Å². The van der Waals surface area contributed by atoms with Gasteiger partial charge in [0.05, 0.1) is 6.54 Å². The average Bonchev–Trinajstić information content (AvgIpc) is 2.03. The Bertz CT molecular complexity index is 191. The normalized spacial score (nSPS) is 18.1. The Kier molecular flexibility index (Phi) is 3.22. The third kappa shape index (κ3) is 2.62. The van der Waals surface area contributed by atoms with E-state index in [2.05, 4.69) is 5.32 Å². The summed E-state index contributed by atoms with van der Waals surface area (Å²) in [6, 6.07) is 0. The first-order valence-corrected chi connectivity index (χ1v) is 4.18. The number of carbonyl (C=O) groups is 2. The maximum absolute atomic E-state index is 11.2. The van der Waals surface area contributed by atoms with Gasteiger partial charge in [0.25, 0.3) is 0 Å². The highest BCUT2D eigenvalue weighted by atomic mass is 16.2. The van der Waals surface area contributed by atoms with Gasteiger partial charge in [0, 0.05) is 26.1 Å². The highest BCUT2D eigenvalue weighted by Crippen LogP contribution is 1.96. The average molecular weight is 170 g/mol. The molecule has 0 unspecified atom stereocenters. The second-order valence-corrected chi connectivity index (χ2v) is 3.01. The van der Waals surface area contributed by atoms with Gasteiger partial charge in [0.15, 0.2) is 0 Å². The smallest absolute Gasteiger partial charge is 0.236 e. The zero-order valence-electron chi connectivity index (χ0n) is 7.30. The molecule has 4 heteroatoms. The van der Waals surface area contributed by atoms with Crippen molar-refractivity contribution in [3.05, 3.63) is 0 Å². The van der Waals surface area contributed by atoms with E-state index in [0.29, 0.717) is 19.5 Å². The predicted octanol–water partition coefficient (Wildman–Crippen LogP) is -0.603. The van der Waals surface area contributed by atoms with Crippen molar-refractivity contribution < 1.29 is 9.59 Å². The lowest BCUT2D eigenvalue weighted by Gasteiger charge is -2.26. The van der Waals surface area contributed by atoms with Crippen LogP contribution < -0.4 is 5.32 Å².